The van der Waals surface area contributed by atoms with Gasteiger partial charge in [0, 0.05) is 12.6 Å². The predicted molar refractivity (Wildman–Crippen MR) is 78.7 cm³/mol. The van der Waals surface area contributed by atoms with Gasteiger partial charge in [-0.2, -0.15) is 5.10 Å². The van der Waals surface area contributed by atoms with Gasteiger partial charge in [0.15, 0.2) is 0 Å². The van der Waals surface area contributed by atoms with Crippen molar-refractivity contribution in [2.24, 2.45) is 0 Å². The summed E-state index contributed by atoms with van der Waals surface area (Å²) in [5, 5.41) is 17.7. The Bertz CT molecular complexity index is 711. The van der Waals surface area contributed by atoms with Crippen molar-refractivity contribution in [3.63, 3.8) is 0 Å². The lowest BCUT2D eigenvalue weighted by Crippen LogP contribution is -2.18. The van der Waals surface area contributed by atoms with Crippen LogP contribution in [0, 0.1) is 17.0 Å². The number of anilines is 1. The molecule has 1 aromatic heterocycles. The number of hydrogen-bond donors (Lipinski definition) is 1. The highest BCUT2D eigenvalue weighted by atomic mass is 35.5. The van der Waals surface area contributed by atoms with Crippen LogP contribution < -0.4 is 5.32 Å². The lowest BCUT2D eigenvalue weighted by molar-refractivity contribution is -0.384. The molecule has 0 saturated heterocycles. The van der Waals surface area contributed by atoms with Crippen molar-refractivity contribution in [2.75, 3.05) is 5.32 Å². The molecule has 1 N–H and O–H groups in total. The molecule has 0 saturated carbocycles. The van der Waals surface area contributed by atoms with E-state index in [-0.39, 0.29) is 22.1 Å². The average Bonchev–Trinajstić information content (AvgIpc) is 2.81. The van der Waals surface area contributed by atoms with Gasteiger partial charge in [0.1, 0.15) is 11.4 Å². The van der Waals surface area contributed by atoms with Gasteiger partial charge in [0.05, 0.1) is 16.1 Å². The first-order valence-electron chi connectivity index (χ1n) is 6.21. The van der Waals surface area contributed by atoms with E-state index in [2.05, 4.69) is 10.4 Å². The summed E-state index contributed by atoms with van der Waals surface area (Å²) < 4.78 is 1.43. The van der Waals surface area contributed by atoms with Crippen molar-refractivity contribution in [3.8, 4) is 0 Å². The number of nitrogens with zero attached hydrogens (tertiary/aromatic N) is 3. The number of amides is 1. The number of nitro groups is 1. The van der Waals surface area contributed by atoms with E-state index in [1.165, 1.54) is 23.0 Å². The molecular formula is C13H13ClN4O3. The summed E-state index contributed by atoms with van der Waals surface area (Å²) in [7, 11) is 0. The van der Waals surface area contributed by atoms with Gasteiger partial charge in [-0.15, -0.1) is 0 Å². The molecule has 8 heteroatoms. The van der Waals surface area contributed by atoms with E-state index >= 15 is 0 Å². The summed E-state index contributed by atoms with van der Waals surface area (Å²) in [4.78, 5) is 22.8. The lowest BCUT2D eigenvalue weighted by atomic mass is 10.2. The van der Waals surface area contributed by atoms with Crippen LogP contribution in [0.25, 0.3) is 0 Å². The highest BCUT2D eigenvalue weighted by Crippen LogP contribution is 2.26. The molecule has 1 aromatic carbocycles. The van der Waals surface area contributed by atoms with Crippen LogP contribution in [0.5, 0.6) is 0 Å². The molecule has 0 fully saturated rings. The molecule has 2 rings (SSSR count). The van der Waals surface area contributed by atoms with Crippen molar-refractivity contribution >= 4 is 28.9 Å². The molecule has 0 atom stereocenters. The maximum absolute atomic E-state index is 12.3. The van der Waals surface area contributed by atoms with Gasteiger partial charge in [0.2, 0.25) is 0 Å². The number of nitro benzene ring substituents is 1. The number of halogens is 1. The molecule has 0 bridgehead atoms. The SMILES string of the molecule is CCn1ncc(Cl)c1C(=O)Nc1ccc(C)cc1[N+](=O)[O-]. The molecule has 0 aliphatic carbocycles. The fourth-order valence-corrected chi connectivity index (χ4v) is 2.13. The molecule has 21 heavy (non-hydrogen) atoms. The average molecular weight is 309 g/mol. The molecule has 0 spiro atoms. The third-order valence-corrected chi connectivity index (χ3v) is 3.18. The van der Waals surface area contributed by atoms with Gasteiger partial charge in [-0.25, -0.2) is 0 Å². The zero-order valence-electron chi connectivity index (χ0n) is 11.5. The zero-order chi connectivity index (χ0) is 15.6. The number of aryl methyl sites for hydroxylation is 2. The quantitative estimate of drug-likeness (QED) is 0.694. The Morgan fingerprint density at radius 2 is 2.24 bits per heavy atom. The van der Waals surface area contributed by atoms with Gasteiger partial charge in [0.25, 0.3) is 11.6 Å². The van der Waals surface area contributed by atoms with Crippen molar-refractivity contribution in [3.05, 3.63) is 50.8 Å². The second-order valence-electron chi connectivity index (χ2n) is 4.39. The molecule has 2 aromatic rings. The fourth-order valence-electron chi connectivity index (χ4n) is 1.91. The Balaban J connectivity index is 2.36. The monoisotopic (exact) mass is 308 g/mol. The predicted octanol–water partition coefficient (Wildman–Crippen LogP) is 3.03. The van der Waals surface area contributed by atoms with E-state index in [4.69, 9.17) is 11.6 Å². The highest BCUT2D eigenvalue weighted by molar-refractivity contribution is 6.34. The van der Waals surface area contributed by atoms with Gasteiger partial charge >= 0.3 is 0 Å². The minimum Gasteiger partial charge on any atom is -0.315 e. The normalized spacial score (nSPS) is 10.4. The van der Waals surface area contributed by atoms with Crippen LogP contribution in [0.3, 0.4) is 0 Å². The maximum atomic E-state index is 12.3. The molecule has 0 radical (unpaired) electrons. The Kier molecular flexibility index (Phi) is 4.23. The summed E-state index contributed by atoms with van der Waals surface area (Å²) in [6, 6.07) is 4.57. The first-order chi connectivity index (χ1) is 9.93. The van der Waals surface area contributed by atoms with Crippen LogP contribution in [0.2, 0.25) is 5.02 Å². The topological polar surface area (TPSA) is 90.1 Å². The summed E-state index contributed by atoms with van der Waals surface area (Å²) in [6.07, 6.45) is 1.36. The summed E-state index contributed by atoms with van der Waals surface area (Å²) in [5.74, 6) is -0.536. The van der Waals surface area contributed by atoms with Crippen molar-refractivity contribution in [1.82, 2.24) is 9.78 Å². The van der Waals surface area contributed by atoms with Crippen LogP contribution in [0.15, 0.2) is 24.4 Å². The molecule has 7 nitrogen and oxygen atoms in total. The fraction of sp³-hybridized carbons (Fsp3) is 0.231. The van der Waals surface area contributed by atoms with E-state index in [9.17, 15) is 14.9 Å². The first-order valence-corrected chi connectivity index (χ1v) is 6.59. The number of rotatable bonds is 4. The number of hydrogen-bond acceptors (Lipinski definition) is 4. The smallest absolute Gasteiger partial charge is 0.293 e. The van der Waals surface area contributed by atoms with Crippen LogP contribution in [0.4, 0.5) is 11.4 Å². The van der Waals surface area contributed by atoms with Crippen LogP contribution in [-0.2, 0) is 6.54 Å². The standard InChI is InChI=1S/C13H13ClN4O3/c1-3-17-12(9(14)7-15-17)13(19)16-10-5-4-8(2)6-11(10)18(20)21/h4-7H,3H2,1-2H3,(H,16,19). The number of nitrogens with one attached hydrogen (secondary N) is 1. The Morgan fingerprint density at radius 1 is 1.52 bits per heavy atom. The van der Waals surface area contributed by atoms with E-state index in [1.54, 1.807) is 13.0 Å². The Morgan fingerprint density at radius 3 is 2.86 bits per heavy atom. The number of carbonyl (C=O) groups is 1. The summed E-state index contributed by atoms with van der Waals surface area (Å²) in [5.41, 5.74) is 0.864. The van der Waals surface area contributed by atoms with Crippen molar-refractivity contribution in [1.29, 1.82) is 0 Å². The highest BCUT2D eigenvalue weighted by Gasteiger charge is 2.21. The first kappa shape index (κ1) is 15.0. The molecule has 110 valence electrons. The molecule has 0 aliphatic rings. The molecule has 1 heterocycles. The number of benzene rings is 1. The molecule has 0 aliphatic heterocycles. The summed E-state index contributed by atoms with van der Waals surface area (Å²) in [6.45, 7) is 4.02. The van der Waals surface area contributed by atoms with Gasteiger partial charge in [-0.3, -0.25) is 19.6 Å². The Hall–Kier alpha value is -2.41. The number of carbonyl (C=O) groups excluding carboxylic acids is 1. The van der Waals surface area contributed by atoms with E-state index in [0.717, 1.165) is 5.56 Å². The maximum Gasteiger partial charge on any atom is 0.293 e. The van der Waals surface area contributed by atoms with E-state index < -0.39 is 10.8 Å². The summed E-state index contributed by atoms with van der Waals surface area (Å²) >= 11 is 5.93. The lowest BCUT2D eigenvalue weighted by Gasteiger charge is -2.08. The van der Waals surface area contributed by atoms with Crippen LogP contribution in [0.1, 0.15) is 23.0 Å². The zero-order valence-corrected chi connectivity index (χ0v) is 12.2. The van der Waals surface area contributed by atoms with Gasteiger partial charge < -0.3 is 5.32 Å². The van der Waals surface area contributed by atoms with Gasteiger partial charge in [-0.05, 0) is 25.5 Å². The second kappa shape index (κ2) is 5.92. The molecular weight excluding hydrogens is 296 g/mol. The van der Waals surface area contributed by atoms with Crippen molar-refractivity contribution < 1.29 is 9.72 Å². The van der Waals surface area contributed by atoms with Gasteiger partial charge in [-0.1, -0.05) is 17.7 Å². The van der Waals surface area contributed by atoms with Crippen LogP contribution in [-0.4, -0.2) is 20.6 Å². The van der Waals surface area contributed by atoms with Crippen LogP contribution >= 0.6 is 11.6 Å². The molecule has 1 amide bonds. The third kappa shape index (κ3) is 3.03. The minimum absolute atomic E-state index is 0.121. The number of aromatic nitrogens is 2. The van der Waals surface area contributed by atoms with E-state index in [0.29, 0.717) is 6.54 Å². The minimum atomic E-state index is -0.540. The second-order valence-corrected chi connectivity index (χ2v) is 4.80. The van der Waals surface area contributed by atoms with E-state index in [1.807, 2.05) is 6.92 Å². The Labute approximate surface area is 125 Å². The molecule has 0 unspecified atom stereocenters. The largest absolute Gasteiger partial charge is 0.315 e. The van der Waals surface area contributed by atoms with Crippen molar-refractivity contribution in [2.45, 2.75) is 20.4 Å². The third-order valence-electron chi connectivity index (χ3n) is 2.91.